The maximum Gasteiger partial charge on any atom is 0.335 e. The number of rotatable bonds is 6. The monoisotopic (exact) mass is 310 g/mol. The largest absolute Gasteiger partial charge is 0.335 e. The van der Waals surface area contributed by atoms with Gasteiger partial charge in [0.25, 0.3) is 10.0 Å². The first-order chi connectivity index (χ1) is 9.92. The summed E-state index contributed by atoms with van der Waals surface area (Å²) >= 11 is 0. The molecule has 0 radical (unpaired) electrons. The first-order valence-corrected chi connectivity index (χ1v) is 8.07. The van der Waals surface area contributed by atoms with Crippen LogP contribution < -0.4 is 10.0 Å². The minimum absolute atomic E-state index is 0.141. The summed E-state index contributed by atoms with van der Waals surface area (Å²) in [6.45, 7) is 6.50. The second-order valence-electron chi connectivity index (χ2n) is 4.60. The number of hydrogen-bond acceptors (Lipinski definition) is 6. The fourth-order valence-corrected chi connectivity index (χ4v) is 2.80. The molecule has 2 N–H and O–H groups in total. The Hall–Kier alpha value is -1.93. The molecule has 0 aliphatic carbocycles. The zero-order valence-electron chi connectivity index (χ0n) is 12.1. The molecule has 0 spiro atoms. The summed E-state index contributed by atoms with van der Waals surface area (Å²) in [6.07, 6.45) is 0. The first kappa shape index (κ1) is 15.5. The third-order valence-electron chi connectivity index (χ3n) is 2.95. The van der Waals surface area contributed by atoms with Crippen molar-refractivity contribution in [1.82, 2.24) is 15.5 Å². The van der Waals surface area contributed by atoms with Crippen molar-refractivity contribution in [3.63, 3.8) is 0 Å². The van der Waals surface area contributed by atoms with E-state index in [2.05, 4.69) is 20.2 Å². The van der Waals surface area contributed by atoms with Crippen molar-refractivity contribution in [2.24, 2.45) is 0 Å². The number of benzene rings is 1. The van der Waals surface area contributed by atoms with Gasteiger partial charge in [-0.05, 0) is 38.1 Å². The minimum Gasteiger partial charge on any atom is -0.314 e. The molecule has 2 aromatic rings. The lowest BCUT2D eigenvalue weighted by Crippen LogP contribution is -2.18. The Bertz CT molecular complexity index is 694. The van der Waals surface area contributed by atoms with Crippen LogP contribution in [0.5, 0.6) is 0 Å². The van der Waals surface area contributed by atoms with Crippen LogP contribution in [-0.4, -0.2) is 25.1 Å². The van der Waals surface area contributed by atoms with Gasteiger partial charge >= 0.3 is 6.01 Å². The van der Waals surface area contributed by atoms with Gasteiger partial charge in [-0.15, -0.1) is 0 Å². The zero-order valence-corrected chi connectivity index (χ0v) is 12.9. The van der Waals surface area contributed by atoms with Gasteiger partial charge in [-0.1, -0.05) is 24.2 Å². The molecule has 0 amide bonds. The Morgan fingerprint density at radius 3 is 2.48 bits per heavy atom. The van der Waals surface area contributed by atoms with E-state index in [-0.39, 0.29) is 17.0 Å². The van der Waals surface area contributed by atoms with Crippen molar-refractivity contribution in [2.75, 3.05) is 11.3 Å². The van der Waals surface area contributed by atoms with Gasteiger partial charge in [0.05, 0.1) is 4.90 Å². The molecular formula is C13H18N4O3S. The summed E-state index contributed by atoms with van der Waals surface area (Å²) in [5, 5.41) is 6.80. The summed E-state index contributed by atoms with van der Waals surface area (Å²) in [4.78, 5) is 3.96. The van der Waals surface area contributed by atoms with Crippen LogP contribution in [0.15, 0.2) is 33.7 Å². The number of nitrogens with one attached hydrogen (secondary N) is 2. The van der Waals surface area contributed by atoms with Gasteiger partial charge in [0.15, 0.2) is 5.82 Å². The van der Waals surface area contributed by atoms with E-state index in [1.807, 2.05) is 13.8 Å². The minimum atomic E-state index is -3.72. The number of sulfonamides is 1. The van der Waals surface area contributed by atoms with E-state index in [9.17, 15) is 8.42 Å². The number of aromatic nitrogens is 2. The van der Waals surface area contributed by atoms with Crippen LogP contribution in [0.1, 0.15) is 31.3 Å². The molecule has 1 atom stereocenters. The molecule has 2 rings (SSSR count). The lowest BCUT2D eigenvalue weighted by Gasteiger charge is -2.13. The van der Waals surface area contributed by atoms with E-state index in [4.69, 9.17) is 4.52 Å². The second-order valence-corrected chi connectivity index (χ2v) is 6.28. The van der Waals surface area contributed by atoms with Gasteiger partial charge in [-0.25, -0.2) is 13.1 Å². The molecule has 1 unspecified atom stereocenters. The molecule has 7 nitrogen and oxygen atoms in total. The second kappa shape index (κ2) is 6.23. The highest BCUT2D eigenvalue weighted by molar-refractivity contribution is 7.92. The molecule has 0 aliphatic rings. The predicted molar refractivity (Wildman–Crippen MR) is 78.4 cm³/mol. The SMILES string of the molecule is CCNC(C)c1ccc(S(=O)(=O)Nc2nc(C)no2)cc1. The Balaban J connectivity index is 2.17. The molecule has 1 heterocycles. The standard InChI is InChI=1S/C13H18N4O3S/c1-4-14-9(2)11-5-7-12(8-6-11)21(18,19)17-13-15-10(3)16-20-13/h5-9,14H,4H2,1-3H3,(H,15,16,17). The van der Waals surface area contributed by atoms with E-state index in [1.165, 1.54) is 0 Å². The van der Waals surface area contributed by atoms with Crippen LogP contribution in [0.25, 0.3) is 0 Å². The highest BCUT2D eigenvalue weighted by Crippen LogP contribution is 2.18. The number of hydrogen-bond donors (Lipinski definition) is 2. The number of nitrogens with zero attached hydrogens (tertiary/aromatic N) is 2. The summed E-state index contributed by atoms with van der Waals surface area (Å²) in [6, 6.07) is 6.68. The fourth-order valence-electron chi connectivity index (χ4n) is 1.87. The molecule has 21 heavy (non-hydrogen) atoms. The average Bonchev–Trinajstić information content (AvgIpc) is 2.84. The smallest absolute Gasteiger partial charge is 0.314 e. The zero-order chi connectivity index (χ0) is 15.5. The maximum atomic E-state index is 12.2. The van der Waals surface area contributed by atoms with Crippen molar-refractivity contribution >= 4 is 16.0 Å². The topological polar surface area (TPSA) is 97.1 Å². The van der Waals surface area contributed by atoms with E-state index in [1.54, 1.807) is 31.2 Å². The van der Waals surface area contributed by atoms with Crippen LogP contribution in [0.3, 0.4) is 0 Å². The van der Waals surface area contributed by atoms with Crippen molar-refractivity contribution in [3.8, 4) is 0 Å². The normalized spacial score (nSPS) is 13.1. The summed E-state index contributed by atoms with van der Waals surface area (Å²) in [7, 11) is -3.72. The van der Waals surface area contributed by atoms with Crippen LogP contribution in [0, 0.1) is 6.92 Å². The van der Waals surface area contributed by atoms with Gasteiger partial charge in [0.2, 0.25) is 0 Å². The quantitative estimate of drug-likeness (QED) is 0.845. The third kappa shape index (κ3) is 3.79. The van der Waals surface area contributed by atoms with Crippen LogP contribution in [0.2, 0.25) is 0 Å². The Kier molecular flexibility index (Phi) is 4.59. The average molecular weight is 310 g/mol. The lowest BCUT2D eigenvalue weighted by atomic mass is 10.1. The molecular weight excluding hydrogens is 292 g/mol. The highest BCUT2D eigenvalue weighted by atomic mass is 32.2. The van der Waals surface area contributed by atoms with Crippen LogP contribution in [-0.2, 0) is 10.0 Å². The van der Waals surface area contributed by atoms with Crippen LogP contribution >= 0.6 is 0 Å². The van der Waals surface area contributed by atoms with E-state index in [0.717, 1.165) is 12.1 Å². The third-order valence-corrected chi connectivity index (χ3v) is 4.29. The molecule has 0 saturated carbocycles. The lowest BCUT2D eigenvalue weighted by molar-refractivity contribution is 0.429. The van der Waals surface area contributed by atoms with Crippen molar-refractivity contribution in [3.05, 3.63) is 35.7 Å². The molecule has 1 aromatic carbocycles. The van der Waals surface area contributed by atoms with E-state index in [0.29, 0.717) is 5.82 Å². The van der Waals surface area contributed by atoms with Gasteiger partial charge in [0, 0.05) is 6.04 Å². The molecule has 0 aliphatic heterocycles. The molecule has 0 fully saturated rings. The van der Waals surface area contributed by atoms with Crippen molar-refractivity contribution in [1.29, 1.82) is 0 Å². The van der Waals surface area contributed by atoms with Gasteiger partial charge in [-0.3, -0.25) is 0 Å². The predicted octanol–water partition coefficient (Wildman–Crippen LogP) is 1.85. The van der Waals surface area contributed by atoms with E-state index < -0.39 is 10.0 Å². The molecule has 1 aromatic heterocycles. The first-order valence-electron chi connectivity index (χ1n) is 6.59. The van der Waals surface area contributed by atoms with Crippen LogP contribution in [0.4, 0.5) is 6.01 Å². The van der Waals surface area contributed by atoms with Gasteiger partial charge in [-0.2, -0.15) is 4.98 Å². The Morgan fingerprint density at radius 2 is 1.95 bits per heavy atom. The maximum absolute atomic E-state index is 12.2. The molecule has 114 valence electrons. The summed E-state index contributed by atoms with van der Waals surface area (Å²) in [5.41, 5.74) is 1.02. The highest BCUT2D eigenvalue weighted by Gasteiger charge is 2.17. The molecule has 0 saturated heterocycles. The number of anilines is 1. The molecule has 0 bridgehead atoms. The fraction of sp³-hybridized carbons (Fsp3) is 0.385. The Labute approximate surface area is 123 Å². The number of aryl methyl sites for hydroxylation is 1. The molecule has 8 heteroatoms. The Morgan fingerprint density at radius 1 is 1.29 bits per heavy atom. The summed E-state index contributed by atoms with van der Waals surface area (Å²) < 4.78 is 31.3. The summed E-state index contributed by atoms with van der Waals surface area (Å²) in [5.74, 6) is 0.363. The van der Waals surface area contributed by atoms with Gasteiger partial charge < -0.3 is 9.84 Å². The van der Waals surface area contributed by atoms with Gasteiger partial charge in [0.1, 0.15) is 0 Å². The van der Waals surface area contributed by atoms with Crippen molar-refractivity contribution in [2.45, 2.75) is 31.7 Å². The van der Waals surface area contributed by atoms with E-state index >= 15 is 0 Å². The van der Waals surface area contributed by atoms with Crippen molar-refractivity contribution < 1.29 is 12.9 Å².